The minimum atomic E-state index is -1.28. The molecule has 9 heteroatoms. The van der Waals surface area contributed by atoms with Crippen LogP contribution in [0, 0.1) is 6.92 Å². The van der Waals surface area contributed by atoms with Gasteiger partial charge in [-0.3, -0.25) is 14.4 Å². The largest absolute Gasteiger partial charge is 0.480 e. The van der Waals surface area contributed by atoms with Crippen molar-refractivity contribution in [1.82, 2.24) is 10.6 Å². The fourth-order valence-corrected chi connectivity index (χ4v) is 4.53. The molecule has 0 saturated carbocycles. The Kier molecular flexibility index (Phi) is 12.2. The number of carboxylic acid groups (broad SMARTS) is 1. The van der Waals surface area contributed by atoms with Crippen LogP contribution in [0.15, 0.2) is 53.9 Å². The molecule has 0 bridgehead atoms. The van der Waals surface area contributed by atoms with Crippen molar-refractivity contribution in [3.8, 4) is 0 Å². The van der Waals surface area contributed by atoms with Gasteiger partial charge in [0.15, 0.2) is 0 Å². The summed E-state index contributed by atoms with van der Waals surface area (Å²) in [6, 6.07) is 13.1. The number of anilines is 1. The van der Waals surface area contributed by atoms with Gasteiger partial charge in [0.05, 0.1) is 4.88 Å². The molecule has 4 rings (SSSR count). The second-order valence-corrected chi connectivity index (χ2v) is 9.17. The molecule has 4 N–H and O–H groups in total. The van der Waals surface area contributed by atoms with E-state index in [1.54, 1.807) is 24.4 Å². The standard InChI is InChI=1S/C17H16N2O5S.C10H13N.C2H6/c1-10-7-11(9-20)4-5-12(10)15(21)19-13(17(23)24)8-18-16(22)14-3-2-6-25-14;1-2-8-4-3-5-10-9(8)6-7-11-10;1-2/h2-7,9,13H,8H2,1H3,(H,18,22)(H,19,21)(H,23,24);3-5,11H,2,6-7H2,1H3;1-2H3. The summed E-state index contributed by atoms with van der Waals surface area (Å²) in [6.45, 7) is 8.74. The van der Waals surface area contributed by atoms with Gasteiger partial charge in [-0.1, -0.05) is 45.0 Å². The third-order valence-electron chi connectivity index (χ3n) is 5.79. The lowest BCUT2D eigenvalue weighted by Crippen LogP contribution is -2.48. The van der Waals surface area contributed by atoms with E-state index in [-0.39, 0.29) is 12.1 Å². The fourth-order valence-electron chi connectivity index (χ4n) is 3.89. The lowest BCUT2D eigenvalue weighted by molar-refractivity contribution is -0.139. The topological polar surface area (TPSA) is 125 Å². The number of rotatable bonds is 8. The number of thiophene rings is 1. The summed E-state index contributed by atoms with van der Waals surface area (Å²) in [6.07, 6.45) is 3.03. The number of aryl methyl sites for hydroxylation is 2. The van der Waals surface area contributed by atoms with Crippen LogP contribution in [-0.2, 0) is 17.6 Å². The minimum absolute atomic E-state index is 0.247. The van der Waals surface area contributed by atoms with Crippen LogP contribution >= 0.6 is 11.3 Å². The number of fused-ring (bicyclic) bond motifs is 1. The molecule has 0 spiro atoms. The summed E-state index contributed by atoms with van der Waals surface area (Å²) >= 11 is 1.23. The Balaban J connectivity index is 0.000000321. The van der Waals surface area contributed by atoms with E-state index in [0.717, 1.165) is 13.0 Å². The average molecular weight is 538 g/mol. The molecule has 0 fully saturated rings. The van der Waals surface area contributed by atoms with Crippen molar-refractivity contribution in [2.24, 2.45) is 0 Å². The number of carbonyl (C=O) groups excluding carboxylic acids is 3. The molecule has 202 valence electrons. The van der Waals surface area contributed by atoms with Crippen molar-refractivity contribution in [2.75, 3.05) is 18.4 Å². The number of hydrogen-bond donors (Lipinski definition) is 4. The molecule has 1 aliphatic rings. The Bertz CT molecular complexity index is 1240. The van der Waals surface area contributed by atoms with Gasteiger partial charge in [-0.15, -0.1) is 11.3 Å². The third-order valence-corrected chi connectivity index (χ3v) is 6.66. The molecule has 38 heavy (non-hydrogen) atoms. The smallest absolute Gasteiger partial charge is 0.328 e. The highest BCUT2D eigenvalue weighted by molar-refractivity contribution is 7.12. The van der Waals surface area contributed by atoms with Crippen LogP contribution in [0.25, 0.3) is 0 Å². The second-order valence-electron chi connectivity index (χ2n) is 8.22. The monoisotopic (exact) mass is 537 g/mol. The first-order valence-corrected chi connectivity index (χ1v) is 13.5. The number of carboxylic acids is 1. The second kappa shape index (κ2) is 15.3. The highest BCUT2D eigenvalue weighted by Gasteiger charge is 2.22. The Labute approximate surface area is 227 Å². The molecule has 0 saturated heterocycles. The van der Waals surface area contributed by atoms with Crippen LogP contribution < -0.4 is 16.0 Å². The number of aldehydes is 1. The average Bonchev–Trinajstić information content (AvgIpc) is 3.64. The first-order valence-electron chi connectivity index (χ1n) is 12.6. The Morgan fingerprint density at radius 2 is 1.87 bits per heavy atom. The minimum Gasteiger partial charge on any atom is -0.480 e. The summed E-state index contributed by atoms with van der Waals surface area (Å²) in [5.41, 5.74) is 5.63. The van der Waals surface area contributed by atoms with Gasteiger partial charge in [-0.2, -0.15) is 0 Å². The Hall–Kier alpha value is -3.98. The maximum absolute atomic E-state index is 12.3. The van der Waals surface area contributed by atoms with Gasteiger partial charge in [0, 0.05) is 29.9 Å². The van der Waals surface area contributed by atoms with Crippen molar-refractivity contribution in [3.63, 3.8) is 0 Å². The quantitative estimate of drug-likeness (QED) is 0.308. The molecule has 0 radical (unpaired) electrons. The van der Waals surface area contributed by atoms with E-state index in [9.17, 15) is 24.3 Å². The molecule has 2 heterocycles. The Morgan fingerprint density at radius 1 is 1.11 bits per heavy atom. The van der Waals surface area contributed by atoms with Crippen molar-refractivity contribution >= 4 is 41.1 Å². The molecular weight excluding hydrogens is 502 g/mol. The summed E-state index contributed by atoms with van der Waals surface area (Å²) in [4.78, 5) is 46.7. The molecule has 1 atom stereocenters. The summed E-state index contributed by atoms with van der Waals surface area (Å²) in [5.74, 6) is -2.25. The number of hydrogen-bond acceptors (Lipinski definition) is 6. The molecule has 3 aromatic rings. The van der Waals surface area contributed by atoms with Gasteiger partial charge in [0.1, 0.15) is 12.3 Å². The number of benzene rings is 2. The van der Waals surface area contributed by atoms with Crippen molar-refractivity contribution in [3.05, 3.63) is 86.6 Å². The molecule has 0 aliphatic carbocycles. The van der Waals surface area contributed by atoms with Crippen molar-refractivity contribution < 1.29 is 24.3 Å². The fraction of sp³-hybridized carbons (Fsp3) is 0.310. The van der Waals surface area contributed by atoms with Gasteiger partial charge >= 0.3 is 5.97 Å². The van der Waals surface area contributed by atoms with Crippen LogP contribution in [-0.4, -0.2) is 48.3 Å². The third kappa shape index (κ3) is 8.27. The zero-order chi connectivity index (χ0) is 28.1. The Morgan fingerprint density at radius 3 is 2.47 bits per heavy atom. The van der Waals surface area contributed by atoms with Crippen LogP contribution in [0.4, 0.5) is 5.69 Å². The lowest BCUT2D eigenvalue weighted by Gasteiger charge is -2.16. The lowest BCUT2D eigenvalue weighted by atomic mass is 10.0. The van der Waals surface area contributed by atoms with E-state index in [1.807, 2.05) is 13.8 Å². The highest BCUT2D eigenvalue weighted by Crippen LogP contribution is 2.25. The van der Waals surface area contributed by atoms with E-state index < -0.39 is 23.8 Å². The van der Waals surface area contributed by atoms with Gasteiger partial charge in [0.25, 0.3) is 11.8 Å². The number of aliphatic carboxylic acids is 1. The SMILES string of the molecule is CC.CCc1cccc2c1CCN2.Cc1cc(C=O)ccc1C(=O)NC(CNC(=O)c1cccs1)C(=O)O. The zero-order valence-corrected chi connectivity index (χ0v) is 23.0. The number of nitrogens with one attached hydrogen (secondary N) is 3. The predicted molar refractivity (Wildman–Crippen MR) is 151 cm³/mol. The molecule has 2 aromatic carbocycles. The van der Waals surface area contributed by atoms with E-state index >= 15 is 0 Å². The molecule has 8 nitrogen and oxygen atoms in total. The van der Waals surface area contributed by atoms with Gasteiger partial charge in [-0.05, 0) is 66.1 Å². The van der Waals surface area contributed by atoms with Crippen LogP contribution in [0.1, 0.15) is 67.8 Å². The van der Waals surface area contributed by atoms with E-state index in [4.69, 9.17) is 0 Å². The van der Waals surface area contributed by atoms with E-state index in [0.29, 0.717) is 22.3 Å². The highest BCUT2D eigenvalue weighted by atomic mass is 32.1. The van der Waals surface area contributed by atoms with E-state index in [1.165, 1.54) is 52.8 Å². The van der Waals surface area contributed by atoms with Gasteiger partial charge < -0.3 is 21.1 Å². The van der Waals surface area contributed by atoms with Crippen molar-refractivity contribution in [1.29, 1.82) is 0 Å². The summed E-state index contributed by atoms with van der Waals surface area (Å²) < 4.78 is 0. The summed E-state index contributed by atoms with van der Waals surface area (Å²) in [5, 5.41) is 19.2. The van der Waals surface area contributed by atoms with Crippen LogP contribution in [0.2, 0.25) is 0 Å². The van der Waals surface area contributed by atoms with E-state index in [2.05, 4.69) is 41.1 Å². The van der Waals surface area contributed by atoms with Gasteiger partial charge in [0.2, 0.25) is 0 Å². The maximum Gasteiger partial charge on any atom is 0.328 e. The first kappa shape index (κ1) is 30.2. The first-order chi connectivity index (χ1) is 18.3. The molecular formula is C29H35N3O5S. The molecule has 1 aromatic heterocycles. The summed E-state index contributed by atoms with van der Waals surface area (Å²) in [7, 11) is 0. The molecule has 1 aliphatic heterocycles. The predicted octanol–water partition coefficient (Wildman–Crippen LogP) is 4.73. The van der Waals surface area contributed by atoms with Gasteiger partial charge in [-0.25, -0.2) is 4.79 Å². The zero-order valence-electron chi connectivity index (χ0n) is 22.2. The molecule has 2 amide bonds. The maximum atomic E-state index is 12.3. The van der Waals surface area contributed by atoms with Crippen LogP contribution in [0.5, 0.6) is 0 Å². The van der Waals surface area contributed by atoms with Crippen LogP contribution in [0.3, 0.4) is 0 Å². The molecule has 1 unspecified atom stereocenters. The number of amides is 2. The normalized spacial score (nSPS) is 11.8. The van der Waals surface area contributed by atoms with Crippen molar-refractivity contribution in [2.45, 2.75) is 46.6 Å². The number of carbonyl (C=O) groups is 4.